The second-order valence-electron chi connectivity index (χ2n) is 3.21. The van der Waals surface area contributed by atoms with Crippen molar-refractivity contribution in [1.29, 1.82) is 0 Å². The van der Waals surface area contributed by atoms with E-state index in [0.717, 1.165) is 11.4 Å². The molecule has 0 unspecified atom stereocenters. The molecule has 15 heavy (non-hydrogen) atoms. The zero-order valence-corrected chi connectivity index (χ0v) is 8.08. The number of benzene rings is 1. The normalized spacial score (nSPS) is 11.0. The number of hydrogen-bond acceptors (Lipinski definition) is 4. The van der Waals surface area contributed by atoms with Gasteiger partial charge < -0.3 is 4.42 Å². The van der Waals surface area contributed by atoms with Crippen molar-refractivity contribution in [3.8, 4) is 11.5 Å². The molecule has 0 fully saturated rings. The van der Waals surface area contributed by atoms with E-state index in [2.05, 4.69) is 15.3 Å². The molecule has 1 aromatic carbocycles. The van der Waals surface area contributed by atoms with E-state index in [1.54, 1.807) is 4.52 Å². The Morgan fingerprint density at radius 2 is 1.93 bits per heavy atom. The first-order valence-electron chi connectivity index (χ1n) is 4.59. The quantitative estimate of drug-likeness (QED) is 0.599. The van der Waals surface area contributed by atoms with Gasteiger partial charge in [-0.2, -0.15) is 4.52 Å². The Labute approximate surface area is 85.4 Å². The molecule has 74 valence electrons. The third-order valence-electron chi connectivity index (χ3n) is 2.17. The average molecular weight is 200 g/mol. The molecule has 0 atom stereocenters. The highest BCUT2D eigenvalue weighted by atomic mass is 16.4. The van der Waals surface area contributed by atoms with Crippen LogP contribution in [0.3, 0.4) is 0 Å². The summed E-state index contributed by atoms with van der Waals surface area (Å²) in [7, 11) is 0. The Balaban J connectivity index is 2.20. The largest absolute Gasteiger partial charge is 0.402 e. The van der Waals surface area contributed by atoms with E-state index in [1.807, 2.05) is 37.3 Å². The van der Waals surface area contributed by atoms with Gasteiger partial charge in [0, 0.05) is 5.56 Å². The predicted octanol–water partition coefficient (Wildman–Crippen LogP) is 1.69. The third-order valence-corrected chi connectivity index (χ3v) is 2.17. The second kappa shape index (κ2) is 2.91. The van der Waals surface area contributed by atoms with E-state index in [4.69, 9.17) is 4.42 Å². The fraction of sp³-hybridized carbons (Fsp3) is 0.100. The van der Waals surface area contributed by atoms with Crippen LogP contribution in [-0.2, 0) is 0 Å². The fourth-order valence-corrected chi connectivity index (χ4v) is 1.41. The van der Waals surface area contributed by atoms with E-state index in [-0.39, 0.29) is 0 Å². The maximum atomic E-state index is 5.45. The van der Waals surface area contributed by atoms with Crippen LogP contribution in [0.1, 0.15) is 5.82 Å². The zero-order chi connectivity index (χ0) is 10.3. The first-order chi connectivity index (χ1) is 7.34. The summed E-state index contributed by atoms with van der Waals surface area (Å²) in [5.74, 6) is 1.70. The minimum absolute atomic E-state index is 0.423. The van der Waals surface area contributed by atoms with Gasteiger partial charge in [-0.1, -0.05) is 23.3 Å². The van der Waals surface area contributed by atoms with Gasteiger partial charge in [-0.25, -0.2) is 0 Å². The maximum Gasteiger partial charge on any atom is 0.345 e. The molecule has 0 aliphatic rings. The summed E-state index contributed by atoms with van der Waals surface area (Å²) in [6.45, 7) is 1.83. The van der Waals surface area contributed by atoms with Gasteiger partial charge in [0.1, 0.15) is 0 Å². The molecule has 3 aromatic rings. The molecule has 0 aliphatic carbocycles. The maximum absolute atomic E-state index is 5.45. The van der Waals surface area contributed by atoms with Crippen LogP contribution < -0.4 is 0 Å². The smallest absolute Gasteiger partial charge is 0.345 e. The molecular formula is C10H8N4O. The van der Waals surface area contributed by atoms with Gasteiger partial charge in [0.05, 0.1) is 0 Å². The summed E-state index contributed by atoms with van der Waals surface area (Å²) < 4.78 is 7.04. The summed E-state index contributed by atoms with van der Waals surface area (Å²) in [6, 6.07) is 9.70. The number of hydrogen-bond donors (Lipinski definition) is 0. The van der Waals surface area contributed by atoms with Gasteiger partial charge in [-0.05, 0) is 19.1 Å². The Morgan fingerprint density at radius 1 is 1.13 bits per heavy atom. The molecule has 5 heteroatoms. The fourth-order valence-electron chi connectivity index (χ4n) is 1.41. The molecule has 5 nitrogen and oxygen atoms in total. The number of aryl methyl sites for hydroxylation is 1. The van der Waals surface area contributed by atoms with Crippen LogP contribution in [0.4, 0.5) is 0 Å². The third kappa shape index (κ3) is 1.20. The minimum atomic E-state index is 0.423. The number of aromatic nitrogens is 4. The standard InChI is InChI=1S/C10H8N4O/c1-7-11-12-10-14(7)13-9(15-10)8-5-3-2-4-6-8/h2-6H,1H3. The zero-order valence-electron chi connectivity index (χ0n) is 8.08. The highest BCUT2D eigenvalue weighted by Gasteiger charge is 2.10. The molecule has 2 aromatic heterocycles. The van der Waals surface area contributed by atoms with Crippen LogP contribution in [0.5, 0.6) is 0 Å². The van der Waals surface area contributed by atoms with Crippen LogP contribution in [0.25, 0.3) is 17.3 Å². The summed E-state index contributed by atoms with van der Waals surface area (Å²) in [6.07, 6.45) is 0. The Morgan fingerprint density at radius 3 is 2.67 bits per heavy atom. The van der Waals surface area contributed by atoms with E-state index >= 15 is 0 Å². The SMILES string of the molecule is Cc1nnc2oc(-c3ccccc3)nn12. The number of rotatable bonds is 1. The van der Waals surface area contributed by atoms with Crippen molar-refractivity contribution in [2.45, 2.75) is 6.92 Å². The molecule has 0 bridgehead atoms. The van der Waals surface area contributed by atoms with Crippen LogP contribution >= 0.6 is 0 Å². The van der Waals surface area contributed by atoms with Crippen molar-refractivity contribution in [3.63, 3.8) is 0 Å². The average Bonchev–Trinajstić information content (AvgIpc) is 2.83. The van der Waals surface area contributed by atoms with Crippen molar-refractivity contribution < 1.29 is 4.42 Å². The number of nitrogens with zero attached hydrogens (tertiary/aromatic N) is 4. The highest BCUT2D eigenvalue weighted by Crippen LogP contribution is 2.18. The van der Waals surface area contributed by atoms with Crippen LogP contribution in [0.15, 0.2) is 34.7 Å². The first-order valence-corrected chi connectivity index (χ1v) is 4.59. The van der Waals surface area contributed by atoms with E-state index in [1.165, 1.54) is 0 Å². The Hall–Kier alpha value is -2.17. The molecule has 2 heterocycles. The summed E-state index contributed by atoms with van der Waals surface area (Å²) in [5, 5.41) is 12.0. The monoisotopic (exact) mass is 200 g/mol. The first kappa shape index (κ1) is 8.16. The van der Waals surface area contributed by atoms with E-state index in [0.29, 0.717) is 11.7 Å². The molecule has 0 spiro atoms. The topological polar surface area (TPSA) is 56.2 Å². The predicted molar refractivity (Wildman–Crippen MR) is 53.2 cm³/mol. The van der Waals surface area contributed by atoms with Gasteiger partial charge in [0.25, 0.3) is 0 Å². The van der Waals surface area contributed by atoms with Crippen molar-refractivity contribution in [2.24, 2.45) is 0 Å². The highest BCUT2D eigenvalue weighted by molar-refractivity contribution is 5.53. The lowest BCUT2D eigenvalue weighted by Gasteiger charge is -1.90. The van der Waals surface area contributed by atoms with Crippen LogP contribution in [0.2, 0.25) is 0 Å². The van der Waals surface area contributed by atoms with Crippen LogP contribution in [0, 0.1) is 6.92 Å². The minimum Gasteiger partial charge on any atom is -0.402 e. The lowest BCUT2D eigenvalue weighted by molar-refractivity contribution is 0.601. The van der Waals surface area contributed by atoms with Crippen molar-refractivity contribution in [1.82, 2.24) is 19.8 Å². The lowest BCUT2D eigenvalue weighted by Crippen LogP contribution is -1.88. The molecule has 0 radical (unpaired) electrons. The van der Waals surface area contributed by atoms with Crippen LogP contribution in [-0.4, -0.2) is 19.8 Å². The molecule has 0 saturated heterocycles. The van der Waals surface area contributed by atoms with E-state index in [9.17, 15) is 0 Å². The molecule has 0 saturated carbocycles. The van der Waals surface area contributed by atoms with Gasteiger partial charge in [-0.3, -0.25) is 0 Å². The van der Waals surface area contributed by atoms with Crippen molar-refractivity contribution in [2.75, 3.05) is 0 Å². The van der Waals surface area contributed by atoms with E-state index < -0.39 is 0 Å². The molecule has 0 amide bonds. The molecule has 3 rings (SSSR count). The lowest BCUT2D eigenvalue weighted by atomic mass is 10.2. The van der Waals surface area contributed by atoms with Gasteiger partial charge >= 0.3 is 5.84 Å². The summed E-state index contributed by atoms with van der Waals surface area (Å²) in [4.78, 5) is 0. The van der Waals surface area contributed by atoms with Gasteiger partial charge in [0.15, 0.2) is 5.82 Å². The Kier molecular flexibility index (Phi) is 1.58. The Bertz CT molecular complexity index is 596. The summed E-state index contributed by atoms with van der Waals surface area (Å²) in [5.41, 5.74) is 0.933. The molecule has 0 N–H and O–H groups in total. The van der Waals surface area contributed by atoms with Gasteiger partial charge in [0.2, 0.25) is 5.89 Å². The number of fused-ring (bicyclic) bond motifs is 1. The second-order valence-corrected chi connectivity index (χ2v) is 3.21. The van der Waals surface area contributed by atoms with Crippen molar-refractivity contribution in [3.05, 3.63) is 36.2 Å². The molecule has 0 aliphatic heterocycles. The summed E-state index contributed by atoms with van der Waals surface area (Å²) >= 11 is 0. The van der Waals surface area contributed by atoms with Crippen molar-refractivity contribution >= 4 is 5.84 Å². The van der Waals surface area contributed by atoms with Gasteiger partial charge in [-0.15, -0.1) is 10.2 Å². The molecular weight excluding hydrogens is 192 g/mol.